The van der Waals surface area contributed by atoms with Crippen molar-refractivity contribution in [3.8, 4) is 5.75 Å². The van der Waals surface area contributed by atoms with Crippen LogP contribution in [0.5, 0.6) is 5.75 Å². The van der Waals surface area contributed by atoms with Crippen molar-refractivity contribution in [1.29, 1.82) is 0 Å². The molecule has 0 unspecified atom stereocenters. The van der Waals surface area contributed by atoms with Crippen LogP contribution < -0.4 is 15.8 Å². The number of aromatic nitrogens is 1. The van der Waals surface area contributed by atoms with Gasteiger partial charge in [-0.3, -0.25) is 0 Å². The van der Waals surface area contributed by atoms with E-state index in [9.17, 15) is 4.39 Å². The van der Waals surface area contributed by atoms with Gasteiger partial charge in [0.1, 0.15) is 0 Å². The van der Waals surface area contributed by atoms with E-state index in [4.69, 9.17) is 10.5 Å². The zero-order chi connectivity index (χ0) is 14.4. The number of hydrogen-bond donors (Lipinski definition) is 2. The van der Waals surface area contributed by atoms with Gasteiger partial charge in [0.15, 0.2) is 11.6 Å². The molecule has 20 heavy (non-hydrogen) atoms. The number of anilines is 2. The van der Waals surface area contributed by atoms with Crippen LogP contribution in [0, 0.1) is 5.82 Å². The number of hydrogen-bond acceptors (Lipinski definition) is 5. The fraction of sp³-hybridized carbons (Fsp3) is 0.357. The summed E-state index contributed by atoms with van der Waals surface area (Å²) >= 11 is 1.61. The second-order valence-corrected chi connectivity index (χ2v) is 5.30. The summed E-state index contributed by atoms with van der Waals surface area (Å²) in [7, 11) is 0. The smallest absolute Gasteiger partial charge is 0.167 e. The number of thiazole rings is 1. The second kappa shape index (κ2) is 7.09. The van der Waals surface area contributed by atoms with Gasteiger partial charge in [-0.1, -0.05) is 6.92 Å². The normalized spacial score (nSPS) is 10.5. The standard InChI is InChI=1S/C14H18FN3OS/c1-2-6-19-13-9-12(11(16)8-10(13)15)17-4-3-14-18-5-7-20-14/h5,7-9,17H,2-4,6,16H2,1H3. The molecule has 0 spiro atoms. The third-order valence-electron chi connectivity index (χ3n) is 2.70. The van der Waals surface area contributed by atoms with Gasteiger partial charge in [0, 0.05) is 36.7 Å². The molecule has 0 aliphatic rings. The molecule has 4 nitrogen and oxygen atoms in total. The van der Waals surface area contributed by atoms with Crippen LogP contribution in [0.4, 0.5) is 15.8 Å². The number of nitrogen functional groups attached to an aromatic ring is 1. The summed E-state index contributed by atoms with van der Waals surface area (Å²) in [5.41, 5.74) is 6.88. The van der Waals surface area contributed by atoms with Crippen LogP contribution in [0.25, 0.3) is 0 Å². The predicted molar refractivity (Wildman–Crippen MR) is 80.9 cm³/mol. The molecule has 0 saturated heterocycles. The molecule has 0 bridgehead atoms. The van der Waals surface area contributed by atoms with E-state index in [1.165, 1.54) is 6.07 Å². The molecule has 0 aliphatic heterocycles. The Labute approximate surface area is 121 Å². The predicted octanol–water partition coefficient (Wildman–Crippen LogP) is 3.31. The van der Waals surface area contributed by atoms with E-state index < -0.39 is 5.82 Å². The number of rotatable bonds is 7. The molecule has 0 atom stereocenters. The van der Waals surface area contributed by atoms with Gasteiger partial charge < -0.3 is 15.8 Å². The largest absolute Gasteiger partial charge is 0.490 e. The highest BCUT2D eigenvalue weighted by Gasteiger charge is 2.09. The lowest BCUT2D eigenvalue weighted by molar-refractivity contribution is 0.301. The maximum absolute atomic E-state index is 13.7. The first-order valence-corrected chi connectivity index (χ1v) is 7.42. The van der Waals surface area contributed by atoms with Crippen LogP contribution in [0.3, 0.4) is 0 Å². The lowest BCUT2D eigenvalue weighted by Crippen LogP contribution is -2.08. The summed E-state index contributed by atoms with van der Waals surface area (Å²) in [6.07, 6.45) is 3.42. The van der Waals surface area contributed by atoms with Crippen LogP contribution in [-0.4, -0.2) is 18.1 Å². The number of halogens is 1. The molecule has 0 saturated carbocycles. The highest BCUT2D eigenvalue weighted by molar-refractivity contribution is 7.09. The van der Waals surface area contributed by atoms with Gasteiger partial charge in [0.25, 0.3) is 0 Å². The molecule has 1 aromatic carbocycles. The highest BCUT2D eigenvalue weighted by atomic mass is 32.1. The van der Waals surface area contributed by atoms with Crippen LogP contribution >= 0.6 is 11.3 Å². The van der Waals surface area contributed by atoms with Crippen molar-refractivity contribution in [2.75, 3.05) is 24.2 Å². The van der Waals surface area contributed by atoms with Gasteiger partial charge in [-0.25, -0.2) is 9.37 Å². The topological polar surface area (TPSA) is 60.2 Å². The molecule has 1 aromatic heterocycles. The Balaban J connectivity index is 1.99. The van der Waals surface area contributed by atoms with E-state index in [1.807, 2.05) is 12.3 Å². The summed E-state index contributed by atoms with van der Waals surface area (Å²) in [5.74, 6) is -0.195. The van der Waals surface area contributed by atoms with Crippen molar-refractivity contribution in [2.45, 2.75) is 19.8 Å². The molecule has 6 heteroatoms. The SMILES string of the molecule is CCCOc1cc(NCCc2nccs2)c(N)cc1F. The van der Waals surface area contributed by atoms with Crippen molar-refractivity contribution in [3.63, 3.8) is 0 Å². The Hall–Kier alpha value is -1.82. The van der Waals surface area contributed by atoms with E-state index in [1.54, 1.807) is 23.6 Å². The maximum atomic E-state index is 13.7. The van der Waals surface area contributed by atoms with E-state index in [0.717, 1.165) is 17.8 Å². The van der Waals surface area contributed by atoms with Gasteiger partial charge in [0.2, 0.25) is 0 Å². The summed E-state index contributed by atoms with van der Waals surface area (Å²) in [4.78, 5) is 4.20. The first-order valence-electron chi connectivity index (χ1n) is 6.54. The molecule has 0 aliphatic carbocycles. The van der Waals surface area contributed by atoms with E-state index >= 15 is 0 Å². The fourth-order valence-electron chi connectivity index (χ4n) is 1.73. The van der Waals surface area contributed by atoms with Gasteiger partial charge in [-0.15, -0.1) is 11.3 Å². The molecule has 2 rings (SSSR count). The minimum atomic E-state index is -0.429. The zero-order valence-electron chi connectivity index (χ0n) is 11.4. The van der Waals surface area contributed by atoms with E-state index in [2.05, 4.69) is 10.3 Å². The molecule has 108 valence electrons. The Kier molecular flexibility index (Phi) is 5.17. The number of nitrogens with zero attached hydrogens (tertiary/aromatic N) is 1. The third kappa shape index (κ3) is 3.84. The molecule has 0 fully saturated rings. The minimum absolute atomic E-state index is 0.234. The minimum Gasteiger partial charge on any atom is -0.490 e. The van der Waals surface area contributed by atoms with Gasteiger partial charge in [-0.2, -0.15) is 0 Å². The Morgan fingerprint density at radius 3 is 3.00 bits per heavy atom. The van der Waals surface area contributed by atoms with Gasteiger partial charge in [0.05, 0.1) is 23.0 Å². The lowest BCUT2D eigenvalue weighted by Gasteiger charge is -2.12. The number of benzene rings is 1. The van der Waals surface area contributed by atoms with Gasteiger partial charge >= 0.3 is 0 Å². The molecule has 3 N–H and O–H groups in total. The number of nitrogens with one attached hydrogen (secondary N) is 1. The van der Waals surface area contributed by atoms with E-state index in [0.29, 0.717) is 24.5 Å². The van der Waals surface area contributed by atoms with E-state index in [-0.39, 0.29) is 5.75 Å². The Bertz CT molecular complexity index is 546. The first kappa shape index (κ1) is 14.6. The third-order valence-corrected chi connectivity index (χ3v) is 3.54. The van der Waals surface area contributed by atoms with Crippen LogP contribution in [0.15, 0.2) is 23.7 Å². The van der Waals surface area contributed by atoms with Crippen LogP contribution in [-0.2, 0) is 6.42 Å². The molecule has 2 aromatic rings. The lowest BCUT2D eigenvalue weighted by atomic mass is 10.2. The van der Waals surface area contributed by atoms with Crippen LogP contribution in [0.2, 0.25) is 0 Å². The Morgan fingerprint density at radius 1 is 1.45 bits per heavy atom. The number of ether oxygens (including phenoxy) is 1. The van der Waals surface area contributed by atoms with Crippen molar-refractivity contribution in [2.24, 2.45) is 0 Å². The first-order chi connectivity index (χ1) is 9.70. The average molecular weight is 295 g/mol. The average Bonchev–Trinajstić information content (AvgIpc) is 2.93. The summed E-state index contributed by atoms with van der Waals surface area (Å²) in [5, 5.41) is 6.19. The summed E-state index contributed by atoms with van der Waals surface area (Å²) in [6, 6.07) is 2.90. The Morgan fingerprint density at radius 2 is 2.30 bits per heavy atom. The monoisotopic (exact) mass is 295 g/mol. The highest BCUT2D eigenvalue weighted by Crippen LogP contribution is 2.28. The van der Waals surface area contributed by atoms with Gasteiger partial charge in [-0.05, 0) is 6.42 Å². The molecular weight excluding hydrogens is 277 g/mol. The van der Waals surface area contributed by atoms with Crippen molar-refractivity contribution in [3.05, 3.63) is 34.5 Å². The number of nitrogens with two attached hydrogens (primary N) is 1. The molecule has 0 radical (unpaired) electrons. The van der Waals surface area contributed by atoms with Crippen LogP contribution in [0.1, 0.15) is 18.4 Å². The molecular formula is C14H18FN3OS. The van der Waals surface area contributed by atoms with Crippen molar-refractivity contribution in [1.82, 2.24) is 4.98 Å². The second-order valence-electron chi connectivity index (χ2n) is 4.32. The quantitative estimate of drug-likeness (QED) is 0.769. The van der Waals surface area contributed by atoms with Crippen molar-refractivity contribution < 1.29 is 9.13 Å². The molecule has 0 amide bonds. The molecule has 1 heterocycles. The summed E-state index contributed by atoms with van der Waals surface area (Å²) < 4.78 is 19.0. The van der Waals surface area contributed by atoms with Crippen molar-refractivity contribution >= 4 is 22.7 Å². The zero-order valence-corrected chi connectivity index (χ0v) is 12.2. The fourth-order valence-corrected chi connectivity index (χ4v) is 2.35. The summed E-state index contributed by atoms with van der Waals surface area (Å²) in [6.45, 7) is 3.15. The maximum Gasteiger partial charge on any atom is 0.167 e.